The fraction of sp³-hybridized carbons (Fsp3) is 0.500. The molecule has 0 saturated heterocycles. The molecular weight excluding hydrogens is 533 g/mol. The second-order valence-corrected chi connectivity index (χ2v) is 12.7. The minimum absolute atomic E-state index is 0.0342. The van der Waals surface area contributed by atoms with Crippen LogP contribution in [0.25, 0.3) is 0 Å². The number of aliphatic hydroxyl groups is 1. The van der Waals surface area contributed by atoms with Crippen LogP contribution >= 0.6 is 0 Å². The number of nitrogens with one attached hydrogen (secondary N) is 1. The molecule has 0 bridgehead atoms. The highest BCUT2D eigenvalue weighted by atomic mass is 32.2. The van der Waals surface area contributed by atoms with Gasteiger partial charge in [0.15, 0.2) is 5.03 Å². The molecule has 2 N–H and O–H groups in total. The van der Waals surface area contributed by atoms with Crippen molar-refractivity contribution in [3.63, 3.8) is 0 Å². The van der Waals surface area contributed by atoms with Crippen LogP contribution in [-0.2, 0) is 25.7 Å². The summed E-state index contributed by atoms with van der Waals surface area (Å²) in [5.74, 6) is -1.27. The zero-order valence-corrected chi connectivity index (χ0v) is 23.5. The van der Waals surface area contributed by atoms with E-state index in [0.717, 1.165) is 18.9 Å². The van der Waals surface area contributed by atoms with Crippen LogP contribution in [0.3, 0.4) is 0 Å². The van der Waals surface area contributed by atoms with Gasteiger partial charge in [-0.3, -0.25) is 4.72 Å². The van der Waals surface area contributed by atoms with Gasteiger partial charge >= 0.3 is 12.1 Å². The molecule has 214 valence electrons. The number of anilines is 1. The first kappa shape index (κ1) is 30.5. The van der Waals surface area contributed by atoms with Crippen LogP contribution in [-0.4, -0.2) is 30.1 Å². The predicted octanol–water partition coefficient (Wildman–Crippen LogP) is 7.13. The molecule has 7 nitrogen and oxygen atoms in total. The zero-order valence-electron chi connectivity index (χ0n) is 22.7. The van der Waals surface area contributed by atoms with Crippen LogP contribution in [0.4, 0.5) is 18.9 Å². The number of rotatable bonds is 9. The molecule has 0 aliphatic carbocycles. The van der Waals surface area contributed by atoms with E-state index in [1.807, 2.05) is 34.6 Å². The van der Waals surface area contributed by atoms with Crippen LogP contribution < -0.4 is 4.72 Å². The summed E-state index contributed by atoms with van der Waals surface area (Å²) in [5.41, 5.74) is -1.59. The third-order valence-electron chi connectivity index (χ3n) is 6.71. The number of sulfonamides is 1. The Morgan fingerprint density at radius 1 is 1.10 bits per heavy atom. The fourth-order valence-corrected chi connectivity index (χ4v) is 6.18. The lowest BCUT2D eigenvalue weighted by atomic mass is 9.70. The molecule has 3 rings (SSSR count). The van der Waals surface area contributed by atoms with E-state index in [1.165, 1.54) is 12.1 Å². The molecule has 1 aliphatic rings. The van der Waals surface area contributed by atoms with Gasteiger partial charge in [-0.1, -0.05) is 59.6 Å². The maximum atomic E-state index is 13.4. The van der Waals surface area contributed by atoms with E-state index in [-0.39, 0.29) is 23.4 Å². The number of hydrogen-bond donors (Lipinski definition) is 2. The molecule has 1 unspecified atom stereocenters. The van der Waals surface area contributed by atoms with Crippen LogP contribution in [0.2, 0.25) is 0 Å². The van der Waals surface area contributed by atoms with Gasteiger partial charge in [0.1, 0.15) is 11.4 Å². The fourth-order valence-electron chi connectivity index (χ4n) is 5.20. The number of aliphatic hydroxyl groups excluding tert-OH is 1. The molecule has 2 heterocycles. The number of nitrogens with zero attached hydrogens (tertiary/aromatic N) is 1. The van der Waals surface area contributed by atoms with Gasteiger partial charge in [-0.15, -0.1) is 0 Å². The van der Waals surface area contributed by atoms with Crippen molar-refractivity contribution in [3.8, 4) is 0 Å². The average Bonchev–Trinajstić information content (AvgIpc) is 2.80. The predicted molar refractivity (Wildman–Crippen MR) is 142 cm³/mol. The van der Waals surface area contributed by atoms with Gasteiger partial charge in [0.2, 0.25) is 0 Å². The van der Waals surface area contributed by atoms with E-state index < -0.39 is 49.7 Å². The first-order valence-electron chi connectivity index (χ1n) is 12.8. The summed E-state index contributed by atoms with van der Waals surface area (Å²) in [6.07, 6.45) is -1.16. The summed E-state index contributed by atoms with van der Waals surface area (Å²) in [6.45, 7) is 9.68. The molecule has 1 atom stereocenters. The van der Waals surface area contributed by atoms with Crippen molar-refractivity contribution in [1.29, 1.82) is 0 Å². The van der Waals surface area contributed by atoms with Gasteiger partial charge in [0.05, 0.1) is 11.1 Å². The standard InChI is InChI=1S/C28H35F3N2O5S/c1-6-13-27(14-7-2)16-21(34)23(25(35)38-27)24(26(3,4)5)18-9-8-10-20(15-18)33-39(36,37)22-12-11-19(17-32-22)28(29,30)31/h8-12,15,17,24,33-34H,6-7,13-14,16H2,1-5H3. The van der Waals surface area contributed by atoms with Gasteiger partial charge in [-0.05, 0) is 48.1 Å². The van der Waals surface area contributed by atoms with Gasteiger partial charge in [-0.25, -0.2) is 9.78 Å². The Labute approximate surface area is 227 Å². The molecule has 1 aromatic heterocycles. The maximum absolute atomic E-state index is 13.4. The summed E-state index contributed by atoms with van der Waals surface area (Å²) in [6, 6.07) is 7.76. The van der Waals surface area contributed by atoms with Crippen molar-refractivity contribution in [2.75, 3.05) is 4.72 Å². The van der Waals surface area contributed by atoms with Gasteiger partial charge in [0, 0.05) is 24.2 Å². The van der Waals surface area contributed by atoms with Crippen molar-refractivity contribution in [2.45, 2.75) is 89.4 Å². The summed E-state index contributed by atoms with van der Waals surface area (Å²) >= 11 is 0. The van der Waals surface area contributed by atoms with E-state index in [2.05, 4.69) is 9.71 Å². The number of cyclic esters (lactones) is 1. The summed E-state index contributed by atoms with van der Waals surface area (Å²) in [5, 5.41) is 10.6. The van der Waals surface area contributed by atoms with Gasteiger partial charge in [0.25, 0.3) is 10.0 Å². The molecule has 11 heteroatoms. The Bertz CT molecular complexity index is 1320. The Morgan fingerprint density at radius 2 is 1.74 bits per heavy atom. The van der Waals surface area contributed by atoms with Gasteiger partial charge < -0.3 is 9.84 Å². The number of alkyl halides is 3. The van der Waals surface area contributed by atoms with Gasteiger partial charge in [-0.2, -0.15) is 21.6 Å². The van der Waals surface area contributed by atoms with Crippen LogP contribution in [0.1, 0.15) is 83.8 Å². The highest BCUT2D eigenvalue weighted by Crippen LogP contribution is 2.47. The number of esters is 1. The van der Waals surface area contributed by atoms with E-state index in [0.29, 0.717) is 30.7 Å². The van der Waals surface area contributed by atoms with Crippen molar-refractivity contribution < 1.29 is 36.2 Å². The molecule has 0 radical (unpaired) electrons. The lowest BCUT2D eigenvalue weighted by Crippen LogP contribution is -2.42. The number of halogens is 3. The highest BCUT2D eigenvalue weighted by molar-refractivity contribution is 7.92. The second-order valence-electron chi connectivity index (χ2n) is 11.0. The Hall–Kier alpha value is -3.08. The number of ether oxygens (including phenoxy) is 1. The minimum atomic E-state index is -4.65. The molecule has 1 aromatic carbocycles. The molecule has 0 fully saturated rings. The summed E-state index contributed by atoms with van der Waals surface area (Å²) < 4.78 is 72.6. The minimum Gasteiger partial charge on any atom is -0.512 e. The van der Waals surface area contributed by atoms with E-state index in [4.69, 9.17) is 4.74 Å². The molecule has 0 saturated carbocycles. The van der Waals surface area contributed by atoms with E-state index >= 15 is 0 Å². The number of pyridine rings is 1. The smallest absolute Gasteiger partial charge is 0.417 e. The van der Waals surface area contributed by atoms with Crippen LogP contribution in [0.5, 0.6) is 0 Å². The number of aromatic nitrogens is 1. The largest absolute Gasteiger partial charge is 0.512 e. The molecule has 0 amide bonds. The zero-order chi connectivity index (χ0) is 29.2. The van der Waals surface area contributed by atoms with Crippen LogP contribution in [0.15, 0.2) is 59.0 Å². The molecule has 0 spiro atoms. The first-order chi connectivity index (χ1) is 18.0. The highest BCUT2D eigenvalue weighted by Gasteiger charge is 2.45. The number of carbonyl (C=O) groups excluding carboxylic acids is 1. The average molecular weight is 569 g/mol. The number of benzene rings is 1. The Balaban J connectivity index is 1.98. The Kier molecular flexibility index (Phi) is 8.74. The summed E-state index contributed by atoms with van der Waals surface area (Å²) in [7, 11) is -4.31. The maximum Gasteiger partial charge on any atom is 0.417 e. The Morgan fingerprint density at radius 3 is 2.23 bits per heavy atom. The van der Waals surface area contributed by atoms with Crippen molar-refractivity contribution in [2.24, 2.45) is 5.41 Å². The number of hydrogen-bond acceptors (Lipinski definition) is 6. The summed E-state index contributed by atoms with van der Waals surface area (Å²) in [4.78, 5) is 16.9. The third kappa shape index (κ3) is 6.93. The van der Waals surface area contributed by atoms with Crippen molar-refractivity contribution >= 4 is 21.7 Å². The van der Waals surface area contributed by atoms with Crippen molar-refractivity contribution in [1.82, 2.24) is 4.98 Å². The SMILES string of the molecule is CCCC1(CCC)CC(O)=C(C(c2cccc(NS(=O)(=O)c3ccc(C(F)(F)F)cn3)c2)C(C)(C)C)C(=O)O1. The third-order valence-corrected chi connectivity index (χ3v) is 8.00. The second kappa shape index (κ2) is 11.2. The van der Waals surface area contributed by atoms with E-state index in [9.17, 15) is 31.5 Å². The molecule has 2 aromatic rings. The van der Waals surface area contributed by atoms with Crippen molar-refractivity contribution in [3.05, 3.63) is 65.1 Å². The number of carbonyl (C=O) groups is 1. The lowest BCUT2D eigenvalue weighted by molar-refractivity contribution is -0.161. The normalized spacial score (nSPS) is 17.1. The quantitative estimate of drug-likeness (QED) is 0.312. The van der Waals surface area contributed by atoms with Crippen LogP contribution in [0, 0.1) is 5.41 Å². The molecule has 1 aliphatic heterocycles. The van der Waals surface area contributed by atoms with E-state index in [1.54, 1.807) is 12.1 Å². The first-order valence-corrected chi connectivity index (χ1v) is 14.3. The molecule has 39 heavy (non-hydrogen) atoms. The molecular formula is C28H35F3N2O5S. The monoisotopic (exact) mass is 568 g/mol. The topological polar surface area (TPSA) is 106 Å². The lowest BCUT2D eigenvalue weighted by Gasteiger charge is -2.41.